The molecule has 4 aromatic rings. The molecule has 25 heavy (non-hydrogen) atoms. The van der Waals surface area contributed by atoms with E-state index in [1.54, 1.807) is 23.7 Å². The van der Waals surface area contributed by atoms with E-state index < -0.39 is 0 Å². The highest BCUT2D eigenvalue weighted by Crippen LogP contribution is 2.29. The number of pyridine rings is 1. The third-order valence-corrected chi connectivity index (χ3v) is 5.33. The van der Waals surface area contributed by atoms with Crippen molar-refractivity contribution in [1.29, 1.82) is 0 Å². The fraction of sp³-hybridized carbons (Fsp3) is 0. The molecule has 0 aliphatic rings. The van der Waals surface area contributed by atoms with Crippen molar-refractivity contribution in [2.75, 3.05) is 5.32 Å². The van der Waals surface area contributed by atoms with E-state index in [0.29, 0.717) is 4.88 Å². The zero-order chi connectivity index (χ0) is 17.1. The van der Waals surface area contributed by atoms with Crippen LogP contribution >= 0.6 is 22.7 Å². The second kappa shape index (κ2) is 6.96. The van der Waals surface area contributed by atoms with Crippen molar-refractivity contribution in [3.63, 3.8) is 0 Å². The van der Waals surface area contributed by atoms with Gasteiger partial charge in [0.15, 0.2) is 0 Å². The van der Waals surface area contributed by atoms with Crippen LogP contribution in [-0.2, 0) is 0 Å². The number of amides is 1. The van der Waals surface area contributed by atoms with Gasteiger partial charge in [-0.2, -0.15) is 0 Å². The van der Waals surface area contributed by atoms with Gasteiger partial charge < -0.3 is 5.32 Å². The predicted molar refractivity (Wildman–Crippen MR) is 103 cm³/mol. The zero-order valence-corrected chi connectivity index (χ0v) is 14.7. The standard InChI is InChI=1S/C19H13N3OS2/c23-18(17-7-3-9-24-17)21-15-6-1-4-13(10-15)16-12-25-19(22-16)14-5-2-8-20-11-14/h1-12H,(H,21,23). The van der Waals surface area contributed by atoms with Crippen LogP contribution in [0.1, 0.15) is 9.67 Å². The first-order valence-electron chi connectivity index (χ1n) is 7.61. The molecule has 3 aromatic heterocycles. The minimum absolute atomic E-state index is 0.0959. The number of nitrogens with one attached hydrogen (secondary N) is 1. The molecule has 1 amide bonds. The van der Waals surface area contributed by atoms with Gasteiger partial charge in [-0.15, -0.1) is 22.7 Å². The Labute approximate surface area is 152 Å². The van der Waals surface area contributed by atoms with Gasteiger partial charge in [-0.3, -0.25) is 9.78 Å². The van der Waals surface area contributed by atoms with Gasteiger partial charge in [-0.05, 0) is 35.7 Å². The number of rotatable bonds is 4. The third kappa shape index (κ3) is 3.50. The average molecular weight is 363 g/mol. The van der Waals surface area contributed by atoms with Gasteiger partial charge >= 0.3 is 0 Å². The molecule has 0 atom stereocenters. The second-order valence-electron chi connectivity index (χ2n) is 5.29. The molecule has 0 saturated carbocycles. The van der Waals surface area contributed by atoms with Crippen LogP contribution in [0.2, 0.25) is 0 Å². The molecule has 0 spiro atoms. The summed E-state index contributed by atoms with van der Waals surface area (Å²) in [5, 5.41) is 7.76. The molecule has 4 nitrogen and oxygen atoms in total. The number of hydrogen-bond donors (Lipinski definition) is 1. The van der Waals surface area contributed by atoms with Gasteiger partial charge in [0.1, 0.15) is 5.01 Å². The Hall–Kier alpha value is -2.83. The molecule has 3 heterocycles. The van der Waals surface area contributed by atoms with Crippen molar-refractivity contribution < 1.29 is 4.79 Å². The first-order chi connectivity index (χ1) is 12.3. The molecular formula is C19H13N3OS2. The van der Waals surface area contributed by atoms with Crippen molar-refractivity contribution in [3.8, 4) is 21.8 Å². The van der Waals surface area contributed by atoms with Crippen LogP contribution in [0.25, 0.3) is 21.8 Å². The summed E-state index contributed by atoms with van der Waals surface area (Å²) in [5.74, 6) is -0.0959. The number of carbonyl (C=O) groups is 1. The first kappa shape index (κ1) is 15.7. The molecule has 0 unspecified atom stereocenters. The predicted octanol–water partition coefficient (Wildman–Crippen LogP) is 5.19. The summed E-state index contributed by atoms with van der Waals surface area (Å²) in [7, 11) is 0. The molecule has 1 N–H and O–H groups in total. The van der Waals surface area contributed by atoms with Crippen LogP contribution in [-0.4, -0.2) is 15.9 Å². The largest absolute Gasteiger partial charge is 0.321 e. The number of thiazole rings is 1. The Balaban J connectivity index is 1.58. The number of thiophene rings is 1. The normalized spacial score (nSPS) is 10.6. The summed E-state index contributed by atoms with van der Waals surface area (Å²) in [6, 6.07) is 15.3. The van der Waals surface area contributed by atoms with Crippen LogP contribution in [0.15, 0.2) is 71.7 Å². The van der Waals surface area contributed by atoms with E-state index in [9.17, 15) is 4.79 Å². The van der Waals surface area contributed by atoms with Crippen molar-refractivity contribution >= 4 is 34.3 Å². The molecule has 0 aliphatic carbocycles. The number of nitrogens with zero attached hydrogens (tertiary/aromatic N) is 2. The summed E-state index contributed by atoms with van der Waals surface area (Å²) >= 11 is 3.00. The fourth-order valence-electron chi connectivity index (χ4n) is 2.38. The molecular weight excluding hydrogens is 350 g/mol. The molecule has 0 aliphatic heterocycles. The molecule has 0 fully saturated rings. The highest BCUT2D eigenvalue weighted by molar-refractivity contribution is 7.13. The SMILES string of the molecule is O=C(Nc1cccc(-c2csc(-c3cccnc3)n2)c1)c1cccs1. The summed E-state index contributed by atoms with van der Waals surface area (Å²) in [6.45, 7) is 0. The minimum atomic E-state index is -0.0959. The number of carbonyl (C=O) groups excluding carboxylic acids is 1. The Morgan fingerprint density at radius 1 is 1.00 bits per heavy atom. The number of aromatic nitrogens is 2. The number of benzene rings is 1. The first-order valence-corrected chi connectivity index (χ1v) is 9.37. The van der Waals surface area contributed by atoms with E-state index in [2.05, 4.69) is 15.3 Å². The van der Waals surface area contributed by atoms with Gasteiger partial charge in [0.25, 0.3) is 5.91 Å². The van der Waals surface area contributed by atoms with Gasteiger partial charge in [0.2, 0.25) is 0 Å². The van der Waals surface area contributed by atoms with Gasteiger partial charge in [0, 0.05) is 34.6 Å². The topological polar surface area (TPSA) is 54.9 Å². The number of anilines is 1. The summed E-state index contributed by atoms with van der Waals surface area (Å²) in [5.41, 5.74) is 3.61. The lowest BCUT2D eigenvalue weighted by atomic mass is 10.1. The quantitative estimate of drug-likeness (QED) is 0.543. The van der Waals surface area contributed by atoms with Crippen molar-refractivity contribution in [1.82, 2.24) is 9.97 Å². The third-order valence-electron chi connectivity index (χ3n) is 3.57. The molecule has 122 valence electrons. The van der Waals surface area contributed by atoms with E-state index in [1.807, 2.05) is 59.3 Å². The lowest BCUT2D eigenvalue weighted by Crippen LogP contribution is -2.09. The monoisotopic (exact) mass is 363 g/mol. The molecule has 0 radical (unpaired) electrons. The fourth-order valence-corrected chi connectivity index (χ4v) is 3.82. The minimum Gasteiger partial charge on any atom is -0.321 e. The maximum atomic E-state index is 12.2. The molecule has 1 aromatic carbocycles. The van der Waals surface area contributed by atoms with E-state index in [0.717, 1.165) is 27.5 Å². The van der Waals surface area contributed by atoms with Crippen molar-refractivity contribution in [2.45, 2.75) is 0 Å². The zero-order valence-electron chi connectivity index (χ0n) is 13.0. The van der Waals surface area contributed by atoms with Crippen LogP contribution in [0, 0.1) is 0 Å². The van der Waals surface area contributed by atoms with Crippen LogP contribution in [0.4, 0.5) is 5.69 Å². The average Bonchev–Trinajstić information content (AvgIpc) is 3.35. The Morgan fingerprint density at radius 3 is 2.72 bits per heavy atom. The molecule has 0 bridgehead atoms. The maximum Gasteiger partial charge on any atom is 0.265 e. The van der Waals surface area contributed by atoms with Crippen LogP contribution in [0.3, 0.4) is 0 Å². The Bertz CT molecular complexity index is 994. The van der Waals surface area contributed by atoms with E-state index in [1.165, 1.54) is 11.3 Å². The Morgan fingerprint density at radius 2 is 1.92 bits per heavy atom. The van der Waals surface area contributed by atoms with Gasteiger partial charge in [-0.25, -0.2) is 4.98 Å². The lowest BCUT2D eigenvalue weighted by molar-refractivity contribution is 0.103. The summed E-state index contributed by atoms with van der Waals surface area (Å²) in [4.78, 5) is 21.7. The highest BCUT2D eigenvalue weighted by atomic mass is 32.1. The molecule has 6 heteroatoms. The lowest BCUT2D eigenvalue weighted by Gasteiger charge is -2.05. The van der Waals surface area contributed by atoms with Gasteiger partial charge in [-0.1, -0.05) is 18.2 Å². The second-order valence-corrected chi connectivity index (χ2v) is 7.10. The maximum absolute atomic E-state index is 12.2. The van der Waals surface area contributed by atoms with Crippen molar-refractivity contribution in [2.24, 2.45) is 0 Å². The molecule has 4 rings (SSSR count). The highest BCUT2D eigenvalue weighted by Gasteiger charge is 2.10. The van der Waals surface area contributed by atoms with Crippen LogP contribution in [0.5, 0.6) is 0 Å². The van der Waals surface area contributed by atoms with Crippen LogP contribution < -0.4 is 5.32 Å². The van der Waals surface area contributed by atoms with Gasteiger partial charge in [0.05, 0.1) is 10.6 Å². The Kier molecular flexibility index (Phi) is 4.37. The summed E-state index contributed by atoms with van der Waals surface area (Å²) < 4.78 is 0. The van der Waals surface area contributed by atoms with E-state index in [4.69, 9.17) is 0 Å². The number of hydrogen-bond acceptors (Lipinski definition) is 5. The van der Waals surface area contributed by atoms with Crippen molar-refractivity contribution in [3.05, 3.63) is 76.6 Å². The van der Waals surface area contributed by atoms with E-state index >= 15 is 0 Å². The summed E-state index contributed by atoms with van der Waals surface area (Å²) in [6.07, 6.45) is 3.55. The van der Waals surface area contributed by atoms with E-state index in [-0.39, 0.29) is 5.91 Å². The molecule has 0 saturated heterocycles. The smallest absolute Gasteiger partial charge is 0.265 e.